The van der Waals surface area contributed by atoms with E-state index in [2.05, 4.69) is 210 Å². The third kappa shape index (κ3) is 5.57. The Morgan fingerprint density at radius 3 is 1.92 bits per heavy atom. The molecule has 1 aliphatic heterocycles. The Morgan fingerprint density at radius 1 is 0.381 bits per heavy atom. The highest BCUT2D eigenvalue weighted by molar-refractivity contribution is 6.25. The number of ether oxygens (including phenoxy) is 1. The van der Waals surface area contributed by atoms with Gasteiger partial charge in [0.05, 0.1) is 33.6 Å². The van der Waals surface area contributed by atoms with Crippen LogP contribution < -0.4 is 9.64 Å². The third-order valence-corrected chi connectivity index (χ3v) is 12.5. The summed E-state index contributed by atoms with van der Waals surface area (Å²) in [5, 5.41) is 8.11. The van der Waals surface area contributed by atoms with Crippen molar-refractivity contribution in [1.82, 2.24) is 14.5 Å². The van der Waals surface area contributed by atoms with Crippen LogP contribution in [-0.4, -0.2) is 14.5 Å². The molecule has 1 aliphatic rings. The number of hydrogen-bond acceptors (Lipinski definition) is 4. The highest BCUT2D eigenvalue weighted by atomic mass is 16.5. The molecule has 5 heteroatoms. The Hall–Kier alpha value is -8.54. The Balaban J connectivity index is 1.04. The topological polar surface area (TPSA) is 43.2 Å². The van der Waals surface area contributed by atoms with Crippen LogP contribution in [0.4, 0.5) is 17.1 Å². The molecular weight excluding hydrogens is 769 g/mol. The molecule has 0 atom stereocenters. The second-order valence-electron chi connectivity index (χ2n) is 16.1. The van der Waals surface area contributed by atoms with E-state index in [0.29, 0.717) is 5.82 Å². The fourth-order valence-corrected chi connectivity index (χ4v) is 9.72. The summed E-state index contributed by atoms with van der Waals surface area (Å²) in [6, 6.07) is 77.3. The largest absolute Gasteiger partial charge is 0.453 e. The zero-order valence-corrected chi connectivity index (χ0v) is 34.0. The molecule has 0 N–H and O–H groups in total. The number of hydrogen-bond donors (Lipinski definition) is 0. The molecule has 0 unspecified atom stereocenters. The summed E-state index contributed by atoms with van der Waals surface area (Å²) in [5.74, 6) is 2.34. The van der Waals surface area contributed by atoms with Gasteiger partial charge in [0.2, 0.25) is 0 Å². The van der Waals surface area contributed by atoms with E-state index in [9.17, 15) is 0 Å². The predicted molar refractivity (Wildman–Crippen MR) is 260 cm³/mol. The van der Waals surface area contributed by atoms with Crippen LogP contribution in [0.2, 0.25) is 0 Å². The van der Waals surface area contributed by atoms with Gasteiger partial charge in [-0.2, -0.15) is 0 Å². The van der Waals surface area contributed by atoms with Crippen molar-refractivity contribution < 1.29 is 4.74 Å². The van der Waals surface area contributed by atoms with Crippen LogP contribution in [0.25, 0.3) is 93.7 Å². The number of aromatic nitrogens is 3. The fourth-order valence-electron chi connectivity index (χ4n) is 9.72. The van der Waals surface area contributed by atoms with Gasteiger partial charge in [0.15, 0.2) is 17.3 Å². The van der Waals surface area contributed by atoms with Crippen LogP contribution in [0.3, 0.4) is 0 Å². The molecule has 3 heterocycles. The molecule has 12 aromatic rings. The minimum atomic E-state index is 0.687. The van der Waals surface area contributed by atoms with E-state index in [0.717, 1.165) is 94.9 Å². The van der Waals surface area contributed by atoms with Gasteiger partial charge < -0.3 is 14.2 Å². The van der Waals surface area contributed by atoms with Gasteiger partial charge in [-0.05, 0) is 94.0 Å². The summed E-state index contributed by atoms with van der Waals surface area (Å²) < 4.78 is 8.98. The summed E-state index contributed by atoms with van der Waals surface area (Å²) >= 11 is 0. The van der Waals surface area contributed by atoms with Crippen LogP contribution in [0.1, 0.15) is 0 Å². The van der Waals surface area contributed by atoms with Gasteiger partial charge in [0, 0.05) is 44.0 Å². The number of anilines is 3. The average Bonchev–Trinajstić information content (AvgIpc) is 3.71. The maximum absolute atomic E-state index is 6.57. The highest BCUT2D eigenvalue weighted by Gasteiger charge is 2.27. The third-order valence-electron chi connectivity index (χ3n) is 12.5. The summed E-state index contributed by atoms with van der Waals surface area (Å²) in [6.45, 7) is 0. The molecule has 0 aliphatic carbocycles. The number of fused-ring (bicyclic) bond motifs is 10. The van der Waals surface area contributed by atoms with E-state index in [1.807, 2.05) is 18.2 Å². The predicted octanol–water partition coefficient (Wildman–Crippen LogP) is 15.6. The van der Waals surface area contributed by atoms with E-state index >= 15 is 0 Å². The summed E-state index contributed by atoms with van der Waals surface area (Å²) in [4.78, 5) is 13.0. The van der Waals surface area contributed by atoms with Crippen molar-refractivity contribution in [2.24, 2.45) is 0 Å². The van der Waals surface area contributed by atoms with Gasteiger partial charge in [-0.1, -0.05) is 152 Å². The van der Waals surface area contributed by atoms with Crippen molar-refractivity contribution in [1.29, 1.82) is 0 Å². The molecule has 63 heavy (non-hydrogen) atoms. The first-order valence-corrected chi connectivity index (χ1v) is 21.3. The molecule has 294 valence electrons. The molecule has 5 nitrogen and oxygen atoms in total. The first-order valence-electron chi connectivity index (χ1n) is 21.3. The van der Waals surface area contributed by atoms with E-state index in [1.54, 1.807) is 0 Å². The van der Waals surface area contributed by atoms with Crippen LogP contribution in [-0.2, 0) is 0 Å². The lowest BCUT2D eigenvalue weighted by Crippen LogP contribution is -2.15. The van der Waals surface area contributed by atoms with Crippen molar-refractivity contribution in [3.8, 4) is 51.0 Å². The van der Waals surface area contributed by atoms with Crippen molar-refractivity contribution in [3.05, 3.63) is 218 Å². The molecule has 10 aromatic carbocycles. The first-order chi connectivity index (χ1) is 31.2. The molecule has 0 saturated heterocycles. The second kappa shape index (κ2) is 14.0. The Labute approximate surface area is 363 Å². The van der Waals surface area contributed by atoms with Gasteiger partial charge in [0.25, 0.3) is 0 Å². The highest BCUT2D eigenvalue weighted by Crippen LogP contribution is 2.52. The van der Waals surface area contributed by atoms with Gasteiger partial charge in [-0.3, -0.25) is 0 Å². The summed E-state index contributed by atoms with van der Waals surface area (Å²) in [5.41, 5.74) is 12.5. The smallest absolute Gasteiger partial charge is 0.160 e. The molecular formula is C58H36N4O. The fraction of sp³-hybridized carbons (Fsp3) is 0. The van der Waals surface area contributed by atoms with Gasteiger partial charge >= 0.3 is 0 Å². The normalized spacial score (nSPS) is 12.2. The maximum Gasteiger partial charge on any atom is 0.160 e. The van der Waals surface area contributed by atoms with Crippen molar-refractivity contribution in [2.45, 2.75) is 0 Å². The van der Waals surface area contributed by atoms with Crippen molar-refractivity contribution in [2.75, 3.05) is 4.90 Å². The van der Waals surface area contributed by atoms with Gasteiger partial charge in [0.1, 0.15) is 0 Å². The van der Waals surface area contributed by atoms with Crippen LogP contribution >= 0.6 is 0 Å². The molecule has 0 spiro atoms. The van der Waals surface area contributed by atoms with Gasteiger partial charge in [-0.15, -0.1) is 0 Å². The summed E-state index contributed by atoms with van der Waals surface area (Å²) in [7, 11) is 0. The zero-order valence-electron chi connectivity index (χ0n) is 34.0. The lowest BCUT2D eigenvalue weighted by atomic mass is 9.96. The van der Waals surface area contributed by atoms with E-state index < -0.39 is 0 Å². The standard InChI is InChI=1S/C58H36N4O/c1-3-17-39(18-4-1)56-47-32-29-38-16-8-10-24-46(38)57(47)60-58(59-56)41-19-13-22-43(35-41)62-49-27-14-25-45(55(49)54-44-23-9-7-15-37(44)30-33-50(54)62)40-31-34-53-51(36-40)61(42-20-5-2-6-21-42)48-26-11-12-28-52(48)63-53/h1-36H. The Bertz CT molecular complexity index is 3780. The second-order valence-corrected chi connectivity index (χ2v) is 16.1. The van der Waals surface area contributed by atoms with E-state index in [4.69, 9.17) is 14.7 Å². The van der Waals surface area contributed by atoms with Crippen molar-refractivity contribution in [3.63, 3.8) is 0 Å². The average molecular weight is 805 g/mol. The number of benzene rings is 10. The quantitative estimate of drug-likeness (QED) is 0.163. The molecule has 0 bridgehead atoms. The monoisotopic (exact) mass is 804 g/mol. The minimum Gasteiger partial charge on any atom is -0.453 e. The number of nitrogens with zero attached hydrogens (tertiary/aromatic N) is 4. The lowest BCUT2D eigenvalue weighted by molar-refractivity contribution is 0.477. The lowest BCUT2D eigenvalue weighted by Gasteiger charge is -2.33. The van der Waals surface area contributed by atoms with Crippen LogP contribution in [0, 0.1) is 0 Å². The minimum absolute atomic E-state index is 0.687. The Morgan fingerprint density at radius 2 is 1.05 bits per heavy atom. The molecule has 0 saturated carbocycles. The van der Waals surface area contributed by atoms with E-state index in [1.165, 1.54) is 21.5 Å². The molecule has 0 fully saturated rings. The SMILES string of the molecule is c1ccc(-c2nc(-c3cccc(-n4c5cccc(-c6ccc7c(c6)N(c6ccccc6)c6ccccc6O7)c5c5c6ccccc6ccc54)c3)nc3c2ccc2ccccc23)cc1. The molecule has 13 rings (SSSR count). The molecule has 2 aromatic heterocycles. The van der Waals surface area contributed by atoms with Crippen molar-refractivity contribution >= 4 is 71.3 Å². The molecule has 0 radical (unpaired) electrons. The first kappa shape index (κ1) is 35.2. The zero-order chi connectivity index (χ0) is 41.4. The number of rotatable bonds is 5. The maximum atomic E-state index is 6.57. The van der Waals surface area contributed by atoms with Gasteiger partial charge in [-0.25, -0.2) is 9.97 Å². The Kier molecular flexibility index (Phi) is 7.84. The number of para-hydroxylation sites is 3. The van der Waals surface area contributed by atoms with Crippen LogP contribution in [0.15, 0.2) is 218 Å². The summed E-state index contributed by atoms with van der Waals surface area (Å²) in [6.07, 6.45) is 0. The van der Waals surface area contributed by atoms with Crippen LogP contribution in [0.5, 0.6) is 11.5 Å². The molecule has 0 amide bonds. The van der Waals surface area contributed by atoms with E-state index in [-0.39, 0.29) is 0 Å².